The molecule has 1 aliphatic rings. The number of piperazine rings is 1. The number of benzene rings is 1. The van der Waals surface area contributed by atoms with Crippen LogP contribution >= 0.6 is 23.4 Å². The Morgan fingerprint density at radius 1 is 1.14 bits per heavy atom. The van der Waals surface area contributed by atoms with Crippen LogP contribution in [0.15, 0.2) is 41.6 Å². The number of rotatable bonds is 12. The average molecular weight is 547 g/mol. The average Bonchev–Trinajstić information content (AvgIpc) is 2.88. The second kappa shape index (κ2) is 14.5. The molecule has 1 fully saturated rings. The number of carbonyl (C=O) groups excluding carboxylic acids is 2. The molecule has 2 aromatic rings. The molecule has 0 spiro atoms. The summed E-state index contributed by atoms with van der Waals surface area (Å²) in [4.78, 5) is 42.9. The largest absolute Gasteiger partial charge is 0.353 e. The van der Waals surface area contributed by atoms with E-state index in [4.69, 9.17) is 16.6 Å². The van der Waals surface area contributed by atoms with Gasteiger partial charge in [0.15, 0.2) is 5.16 Å². The van der Waals surface area contributed by atoms with Crippen molar-refractivity contribution in [3.8, 4) is 0 Å². The topological polar surface area (TPSA) is 72.9 Å². The van der Waals surface area contributed by atoms with Gasteiger partial charge in [0.2, 0.25) is 11.8 Å². The van der Waals surface area contributed by atoms with Crippen molar-refractivity contribution in [1.29, 1.82) is 0 Å². The summed E-state index contributed by atoms with van der Waals surface area (Å²) < 4.78 is 0. The monoisotopic (exact) mass is 546 g/mol. The number of anilines is 1. The fraction of sp³-hybridized carbons (Fsp3) is 0.556. The number of aromatic nitrogens is 2. The molecule has 1 aromatic carbocycles. The van der Waals surface area contributed by atoms with Crippen LogP contribution in [0, 0.1) is 0 Å². The molecule has 2 amide bonds. The van der Waals surface area contributed by atoms with Gasteiger partial charge in [-0.05, 0) is 33.0 Å². The Hall–Kier alpha value is -2.36. The summed E-state index contributed by atoms with van der Waals surface area (Å²) in [5.74, 6) is 1.22. The van der Waals surface area contributed by atoms with Crippen LogP contribution in [0.3, 0.4) is 0 Å². The van der Waals surface area contributed by atoms with Gasteiger partial charge in [0.05, 0.1) is 5.75 Å². The van der Waals surface area contributed by atoms with E-state index in [9.17, 15) is 9.59 Å². The minimum absolute atomic E-state index is 0.0358. The minimum atomic E-state index is 0.0358. The van der Waals surface area contributed by atoms with Crippen molar-refractivity contribution in [2.24, 2.45) is 0 Å². The zero-order valence-corrected chi connectivity index (χ0v) is 24.0. The lowest BCUT2D eigenvalue weighted by atomic mass is 10.1. The Morgan fingerprint density at radius 2 is 1.89 bits per heavy atom. The second-order valence-corrected chi connectivity index (χ2v) is 11.0. The quantitative estimate of drug-likeness (QED) is 0.226. The highest BCUT2D eigenvalue weighted by atomic mass is 35.5. The normalized spacial score (nSPS) is 15.8. The van der Waals surface area contributed by atoms with Crippen LogP contribution in [-0.4, -0.2) is 95.1 Å². The first kappa shape index (κ1) is 29.2. The number of halogens is 1. The summed E-state index contributed by atoms with van der Waals surface area (Å²) in [6.45, 7) is 8.19. The Balaban J connectivity index is 1.62. The highest BCUT2D eigenvalue weighted by Gasteiger charge is 2.28. The summed E-state index contributed by atoms with van der Waals surface area (Å²) in [6, 6.07) is 11.9. The van der Waals surface area contributed by atoms with E-state index in [2.05, 4.69) is 28.6 Å². The molecule has 202 valence electrons. The van der Waals surface area contributed by atoms with Gasteiger partial charge in [-0.1, -0.05) is 67.0 Å². The molecular formula is C27H39ClN6O2S. The third-order valence-corrected chi connectivity index (χ3v) is 7.41. The molecule has 2 heterocycles. The number of thioether (sulfide) groups is 1. The van der Waals surface area contributed by atoms with Gasteiger partial charge in [0.1, 0.15) is 11.0 Å². The van der Waals surface area contributed by atoms with E-state index in [0.717, 1.165) is 30.8 Å². The van der Waals surface area contributed by atoms with Crippen LogP contribution in [0.25, 0.3) is 0 Å². The fourth-order valence-electron chi connectivity index (χ4n) is 4.25. The second-order valence-electron chi connectivity index (χ2n) is 9.71. The van der Waals surface area contributed by atoms with Gasteiger partial charge >= 0.3 is 0 Å². The maximum absolute atomic E-state index is 13.2. The number of unbranched alkanes of at least 4 members (excludes halogenated alkanes) is 1. The maximum atomic E-state index is 13.2. The van der Waals surface area contributed by atoms with Crippen LogP contribution in [0.2, 0.25) is 5.15 Å². The summed E-state index contributed by atoms with van der Waals surface area (Å²) in [5, 5.41) is 0.833. The van der Waals surface area contributed by atoms with Gasteiger partial charge in [0, 0.05) is 57.8 Å². The molecule has 1 aromatic heterocycles. The molecule has 0 aliphatic carbocycles. The van der Waals surface area contributed by atoms with Crippen molar-refractivity contribution in [2.45, 2.75) is 50.9 Å². The summed E-state index contributed by atoms with van der Waals surface area (Å²) in [5.41, 5.74) is 1.10. The van der Waals surface area contributed by atoms with Crippen molar-refractivity contribution in [2.75, 3.05) is 57.5 Å². The molecule has 1 unspecified atom stereocenters. The first-order valence-electron chi connectivity index (χ1n) is 12.9. The van der Waals surface area contributed by atoms with Gasteiger partial charge < -0.3 is 19.6 Å². The third kappa shape index (κ3) is 9.16. The molecule has 3 rings (SSSR count). The number of hydrogen-bond acceptors (Lipinski definition) is 7. The highest BCUT2D eigenvalue weighted by molar-refractivity contribution is 7.99. The lowest BCUT2D eigenvalue weighted by Gasteiger charge is -2.40. The van der Waals surface area contributed by atoms with Crippen LogP contribution in [0.4, 0.5) is 5.82 Å². The summed E-state index contributed by atoms with van der Waals surface area (Å²) in [7, 11) is 4.01. The van der Waals surface area contributed by atoms with Crippen molar-refractivity contribution >= 4 is 41.0 Å². The van der Waals surface area contributed by atoms with Crippen molar-refractivity contribution in [1.82, 2.24) is 24.7 Å². The van der Waals surface area contributed by atoms with Crippen LogP contribution in [0.5, 0.6) is 0 Å². The van der Waals surface area contributed by atoms with E-state index in [1.165, 1.54) is 11.8 Å². The van der Waals surface area contributed by atoms with Crippen molar-refractivity contribution in [3.63, 3.8) is 0 Å². The molecule has 37 heavy (non-hydrogen) atoms. The molecule has 0 bridgehead atoms. The number of likely N-dealkylation sites (N-methyl/N-ethyl adjacent to an activating group) is 1. The maximum Gasteiger partial charge on any atom is 0.233 e. The van der Waals surface area contributed by atoms with Gasteiger partial charge in [0.25, 0.3) is 0 Å². The van der Waals surface area contributed by atoms with Gasteiger partial charge in [-0.15, -0.1) is 0 Å². The molecule has 1 saturated heterocycles. The summed E-state index contributed by atoms with van der Waals surface area (Å²) >= 11 is 7.66. The molecule has 10 heteroatoms. The SMILES string of the molecule is CCCCC(=O)N1CCN(c2cc(Cl)nc(SCC(=O)N(CCN(C)C)Cc3ccccc3)n2)CC1C. The third-order valence-electron chi connectivity index (χ3n) is 6.39. The van der Waals surface area contributed by atoms with E-state index in [1.54, 1.807) is 6.07 Å². The van der Waals surface area contributed by atoms with Crippen LogP contribution < -0.4 is 4.90 Å². The zero-order valence-electron chi connectivity index (χ0n) is 22.4. The molecule has 0 N–H and O–H groups in total. The predicted molar refractivity (Wildman–Crippen MR) is 151 cm³/mol. The molecule has 8 nitrogen and oxygen atoms in total. The Morgan fingerprint density at radius 3 is 2.57 bits per heavy atom. The zero-order chi connectivity index (χ0) is 26.8. The minimum Gasteiger partial charge on any atom is -0.353 e. The van der Waals surface area contributed by atoms with E-state index < -0.39 is 0 Å². The molecular weight excluding hydrogens is 508 g/mol. The van der Waals surface area contributed by atoms with Crippen molar-refractivity contribution in [3.05, 3.63) is 47.1 Å². The summed E-state index contributed by atoms with van der Waals surface area (Å²) in [6.07, 6.45) is 2.54. The molecule has 0 saturated carbocycles. The van der Waals surface area contributed by atoms with E-state index in [0.29, 0.717) is 49.5 Å². The smallest absolute Gasteiger partial charge is 0.233 e. The standard InChI is InChI=1S/C27H39ClN6O2S/c1-5-6-12-25(35)34-16-15-32(18-21(34)2)24-17-23(28)29-27(30-24)37-20-26(36)33(14-13-31(3)4)19-22-10-8-7-9-11-22/h7-11,17,21H,5-6,12-16,18-20H2,1-4H3. The number of nitrogens with zero attached hydrogens (tertiary/aromatic N) is 6. The Bertz CT molecular complexity index is 1030. The first-order valence-corrected chi connectivity index (χ1v) is 14.3. The fourth-order valence-corrected chi connectivity index (χ4v) is 5.24. The lowest BCUT2D eigenvalue weighted by molar-refractivity contribution is -0.133. The van der Waals surface area contributed by atoms with Crippen LogP contribution in [0.1, 0.15) is 38.7 Å². The Kier molecular flexibility index (Phi) is 11.5. The number of amides is 2. The molecule has 1 atom stereocenters. The van der Waals surface area contributed by atoms with Gasteiger partial charge in [-0.25, -0.2) is 9.97 Å². The lowest BCUT2D eigenvalue weighted by Crippen LogP contribution is -2.54. The predicted octanol–water partition coefficient (Wildman–Crippen LogP) is 4.04. The van der Waals surface area contributed by atoms with Crippen molar-refractivity contribution < 1.29 is 9.59 Å². The Labute approximate surface area is 230 Å². The molecule has 0 radical (unpaired) electrons. The number of hydrogen-bond donors (Lipinski definition) is 0. The van der Waals surface area contributed by atoms with E-state index >= 15 is 0 Å². The van der Waals surface area contributed by atoms with Gasteiger partial charge in [-0.2, -0.15) is 0 Å². The van der Waals surface area contributed by atoms with Crippen LogP contribution in [-0.2, 0) is 16.1 Å². The van der Waals surface area contributed by atoms with Gasteiger partial charge in [-0.3, -0.25) is 9.59 Å². The number of carbonyl (C=O) groups is 2. The molecule has 1 aliphatic heterocycles. The highest BCUT2D eigenvalue weighted by Crippen LogP contribution is 2.25. The van der Waals surface area contributed by atoms with E-state index in [-0.39, 0.29) is 23.6 Å². The first-order chi connectivity index (χ1) is 17.8. The van der Waals surface area contributed by atoms with E-state index in [1.807, 2.05) is 54.2 Å².